The first-order valence-corrected chi connectivity index (χ1v) is 8.45. The van der Waals surface area contributed by atoms with E-state index in [4.69, 9.17) is 11.6 Å². The van der Waals surface area contributed by atoms with Crippen LogP contribution in [0.4, 0.5) is 4.39 Å². The molecule has 2 N–H and O–H groups in total. The van der Waals surface area contributed by atoms with Gasteiger partial charge < -0.3 is 10.4 Å². The number of halogens is 2. The summed E-state index contributed by atoms with van der Waals surface area (Å²) in [6, 6.07) is 22.9. The molecule has 0 radical (unpaired) electrons. The fourth-order valence-corrected chi connectivity index (χ4v) is 2.93. The van der Waals surface area contributed by atoms with Crippen molar-refractivity contribution >= 4 is 11.6 Å². The lowest BCUT2D eigenvalue weighted by Crippen LogP contribution is -2.39. The quantitative estimate of drug-likeness (QED) is 0.682. The summed E-state index contributed by atoms with van der Waals surface area (Å²) >= 11 is 5.90. The van der Waals surface area contributed by atoms with Gasteiger partial charge in [0.1, 0.15) is 11.4 Å². The largest absolute Gasteiger partial charge is 0.379 e. The fourth-order valence-electron chi connectivity index (χ4n) is 2.80. The van der Waals surface area contributed by atoms with Crippen molar-refractivity contribution in [1.82, 2.24) is 5.32 Å². The Morgan fingerprint density at radius 3 is 2.08 bits per heavy atom. The highest BCUT2D eigenvalue weighted by molar-refractivity contribution is 6.30. The van der Waals surface area contributed by atoms with Gasteiger partial charge in [0.25, 0.3) is 0 Å². The van der Waals surface area contributed by atoms with Crippen LogP contribution in [-0.2, 0) is 12.1 Å². The third kappa shape index (κ3) is 4.26. The Kier molecular flexibility index (Phi) is 5.49. The topological polar surface area (TPSA) is 32.3 Å². The summed E-state index contributed by atoms with van der Waals surface area (Å²) < 4.78 is 13.3. The molecule has 0 fully saturated rings. The molecule has 0 saturated heterocycles. The molecule has 3 aromatic carbocycles. The number of benzene rings is 3. The van der Waals surface area contributed by atoms with E-state index in [0.717, 1.165) is 11.1 Å². The highest BCUT2D eigenvalue weighted by Gasteiger charge is 2.31. The van der Waals surface area contributed by atoms with Gasteiger partial charge >= 0.3 is 0 Å². The van der Waals surface area contributed by atoms with Crippen LogP contribution < -0.4 is 5.32 Å². The van der Waals surface area contributed by atoms with Crippen LogP contribution in [0, 0.1) is 5.82 Å². The Bertz CT molecular complexity index is 806. The van der Waals surface area contributed by atoms with Gasteiger partial charge in [0, 0.05) is 18.1 Å². The summed E-state index contributed by atoms with van der Waals surface area (Å²) in [5, 5.41) is 15.3. The molecule has 0 heterocycles. The molecule has 3 rings (SSSR count). The van der Waals surface area contributed by atoms with Gasteiger partial charge in [0.15, 0.2) is 0 Å². The molecule has 4 heteroatoms. The Morgan fingerprint density at radius 1 is 0.840 bits per heavy atom. The van der Waals surface area contributed by atoms with Gasteiger partial charge in [-0.2, -0.15) is 0 Å². The molecule has 25 heavy (non-hydrogen) atoms. The zero-order valence-electron chi connectivity index (χ0n) is 13.6. The van der Waals surface area contributed by atoms with Gasteiger partial charge in [-0.3, -0.25) is 0 Å². The minimum atomic E-state index is -1.25. The van der Waals surface area contributed by atoms with Crippen LogP contribution in [-0.4, -0.2) is 11.7 Å². The third-order valence-corrected chi connectivity index (χ3v) is 4.45. The molecule has 0 aliphatic rings. The first-order chi connectivity index (χ1) is 12.1. The Hall–Kier alpha value is -2.20. The van der Waals surface area contributed by atoms with Crippen LogP contribution in [0.15, 0.2) is 78.9 Å². The Balaban J connectivity index is 1.81. The van der Waals surface area contributed by atoms with Crippen molar-refractivity contribution in [2.75, 3.05) is 6.54 Å². The zero-order chi connectivity index (χ0) is 17.7. The molecule has 0 aliphatic carbocycles. The minimum absolute atomic E-state index is 0.297. The predicted octanol–water partition coefficient (Wildman–Crippen LogP) is 4.50. The standard InChI is InChI=1S/C21H19ClFNO/c22-19-10-6-16(7-11-19)14-24-15-21(25,17-4-2-1-3-5-17)18-8-12-20(23)13-9-18/h1-13,24-25H,14-15H2/t21-/m0/s1. The zero-order valence-corrected chi connectivity index (χ0v) is 14.4. The molecular weight excluding hydrogens is 337 g/mol. The summed E-state index contributed by atoms with van der Waals surface area (Å²) in [5.74, 6) is -0.326. The molecular formula is C21H19ClFNO. The number of nitrogens with one attached hydrogen (secondary N) is 1. The van der Waals surface area contributed by atoms with Crippen molar-refractivity contribution in [1.29, 1.82) is 0 Å². The third-order valence-electron chi connectivity index (χ3n) is 4.20. The molecule has 0 amide bonds. The maximum Gasteiger partial charge on any atom is 0.127 e. The van der Waals surface area contributed by atoms with Crippen LogP contribution >= 0.6 is 11.6 Å². The molecule has 128 valence electrons. The van der Waals surface area contributed by atoms with Gasteiger partial charge in [-0.05, 0) is 41.0 Å². The fraction of sp³-hybridized carbons (Fsp3) is 0.143. The normalized spacial score (nSPS) is 13.4. The van der Waals surface area contributed by atoms with E-state index in [-0.39, 0.29) is 5.82 Å². The highest BCUT2D eigenvalue weighted by Crippen LogP contribution is 2.29. The first-order valence-electron chi connectivity index (χ1n) is 8.07. The van der Waals surface area contributed by atoms with Crippen molar-refractivity contribution in [2.24, 2.45) is 0 Å². The lowest BCUT2D eigenvalue weighted by molar-refractivity contribution is 0.0795. The average Bonchev–Trinajstić information content (AvgIpc) is 2.64. The van der Waals surface area contributed by atoms with E-state index >= 15 is 0 Å². The maximum absolute atomic E-state index is 13.3. The number of hydrogen-bond donors (Lipinski definition) is 2. The summed E-state index contributed by atoms with van der Waals surface area (Å²) in [6.45, 7) is 0.888. The molecule has 2 nitrogen and oxygen atoms in total. The van der Waals surface area contributed by atoms with Gasteiger partial charge in [-0.25, -0.2) is 4.39 Å². The summed E-state index contributed by atoms with van der Waals surface area (Å²) in [5.41, 5.74) is 1.22. The van der Waals surface area contributed by atoms with Gasteiger partial charge in [-0.1, -0.05) is 66.2 Å². The number of rotatable bonds is 6. The summed E-state index contributed by atoms with van der Waals surface area (Å²) in [7, 11) is 0. The van der Waals surface area contributed by atoms with E-state index in [9.17, 15) is 9.50 Å². The molecule has 0 unspecified atom stereocenters. The van der Waals surface area contributed by atoms with Crippen LogP contribution in [0.1, 0.15) is 16.7 Å². The molecule has 0 aliphatic heterocycles. The Morgan fingerprint density at radius 2 is 1.44 bits per heavy atom. The van der Waals surface area contributed by atoms with Gasteiger partial charge in [0.2, 0.25) is 0 Å². The lowest BCUT2D eigenvalue weighted by atomic mass is 9.86. The average molecular weight is 356 g/mol. The van der Waals surface area contributed by atoms with Crippen LogP contribution in [0.2, 0.25) is 5.02 Å². The van der Waals surface area contributed by atoms with E-state index in [0.29, 0.717) is 23.7 Å². The second-order valence-electron chi connectivity index (χ2n) is 5.96. The molecule has 1 atom stereocenters. The predicted molar refractivity (Wildman–Crippen MR) is 99.0 cm³/mol. The highest BCUT2D eigenvalue weighted by atomic mass is 35.5. The van der Waals surface area contributed by atoms with Crippen LogP contribution in [0.5, 0.6) is 0 Å². The monoisotopic (exact) mass is 355 g/mol. The number of aliphatic hydroxyl groups is 1. The summed E-state index contributed by atoms with van der Waals surface area (Å²) in [4.78, 5) is 0. The van der Waals surface area contributed by atoms with Crippen molar-refractivity contribution < 1.29 is 9.50 Å². The molecule has 0 bridgehead atoms. The van der Waals surface area contributed by atoms with E-state index < -0.39 is 5.60 Å². The van der Waals surface area contributed by atoms with Crippen molar-refractivity contribution in [2.45, 2.75) is 12.1 Å². The van der Waals surface area contributed by atoms with E-state index in [1.807, 2.05) is 54.6 Å². The maximum atomic E-state index is 13.3. The minimum Gasteiger partial charge on any atom is -0.379 e. The van der Waals surface area contributed by atoms with E-state index in [1.165, 1.54) is 12.1 Å². The molecule has 0 saturated carbocycles. The van der Waals surface area contributed by atoms with E-state index in [2.05, 4.69) is 5.32 Å². The van der Waals surface area contributed by atoms with Crippen LogP contribution in [0.25, 0.3) is 0 Å². The Labute approximate surface area is 151 Å². The van der Waals surface area contributed by atoms with Crippen molar-refractivity contribution in [3.8, 4) is 0 Å². The number of hydrogen-bond acceptors (Lipinski definition) is 2. The first kappa shape index (κ1) is 17.6. The second kappa shape index (κ2) is 7.79. The van der Waals surface area contributed by atoms with Gasteiger partial charge in [0.05, 0.1) is 0 Å². The lowest BCUT2D eigenvalue weighted by Gasteiger charge is -2.30. The van der Waals surface area contributed by atoms with Crippen LogP contribution in [0.3, 0.4) is 0 Å². The van der Waals surface area contributed by atoms with E-state index in [1.54, 1.807) is 12.1 Å². The summed E-state index contributed by atoms with van der Waals surface area (Å²) in [6.07, 6.45) is 0. The molecule has 0 spiro atoms. The van der Waals surface area contributed by atoms with Crippen molar-refractivity contribution in [3.05, 3.63) is 106 Å². The smallest absolute Gasteiger partial charge is 0.127 e. The van der Waals surface area contributed by atoms with Gasteiger partial charge in [-0.15, -0.1) is 0 Å². The molecule has 3 aromatic rings. The molecule has 0 aromatic heterocycles. The SMILES string of the molecule is O[C@@](CNCc1ccc(Cl)cc1)(c1ccccc1)c1ccc(F)cc1. The second-order valence-corrected chi connectivity index (χ2v) is 6.40. The van der Waals surface area contributed by atoms with Crippen molar-refractivity contribution in [3.63, 3.8) is 0 Å².